The van der Waals surface area contributed by atoms with Gasteiger partial charge in [-0.15, -0.1) is 0 Å². The summed E-state index contributed by atoms with van der Waals surface area (Å²) in [6.07, 6.45) is 2.37. The van der Waals surface area contributed by atoms with Crippen molar-refractivity contribution in [1.29, 1.82) is 5.26 Å². The highest BCUT2D eigenvalue weighted by Crippen LogP contribution is 2.22. The van der Waals surface area contributed by atoms with Crippen molar-refractivity contribution >= 4 is 21.6 Å². The van der Waals surface area contributed by atoms with E-state index in [-0.39, 0.29) is 0 Å². The first-order chi connectivity index (χ1) is 7.71. The molecule has 0 aromatic heterocycles. The van der Waals surface area contributed by atoms with E-state index in [1.165, 1.54) is 12.8 Å². The zero-order valence-corrected chi connectivity index (χ0v) is 11.4. The van der Waals surface area contributed by atoms with Crippen molar-refractivity contribution in [3.05, 3.63) is 28.2 Å². The average molecular weight is 281 g/mol. The molecular formula is C13H17BrN2. The Kier molecular flexibility index (Phi) is 5.34. The standard InChI is InChI=1S/C13H17BrN2/c1-3-5-6-16(4-2)13-8-11(10-15)7-12(14)9-13/h7-9H,3-6H2,1-2H3. The fraction of sp³-hybridized carbons (Fsp3) is 0.462. The third kappa shape index (κ3) is 3.53. The van der Waals surface area contributed by atoms with E-state index in [9.17, 15) is 0 Å². The summed E-state index contributed by atoms with van der Waals surface area (Å²) in [6.45, 7) is 6.35. The lowest BCUT2D eigenvalue weighted by Gasteiger charge is -2.23. The molecule has 3 heteroatoms. The molecule has 0 saturated carbocycles. The summed E-state index contributed by atoms with van der Waals surface area (Å²) in [7, 11) is 0. The van der Waals surface area contributed by atoms with Crippen LogP contribution in [0.1, 0.15) is 32.3 Å². The number of hydrogen-bond donors (Lipinski definition) is 0. The number of nitriles is 1. The van der Waals surface area contributed by atoms with E-state index in [0.717, 1.165) is 23.2 Å². The first kappa shape index (κ1) is 13.1. The summed E-state index contributed by atoms with van der Waals surface area (Å²) in [5.74, 6) is 0. The largest absolute Gasteiger partial charge is 0.372 e. The van der Waals surface area contributed by atoms with Crippen LogP contribution in [0.2, 0.25) is 0 Å². The average Bonchev–Trinajstić information content (AvgIpc) is 2.29. The Morgan fingerprint density at radius 2 is 2.06 bits per heavy atom. The van der Waals surface area contributed by atoms with Crippen molar-refractivity contribution in [3.63, 3.8) is 0 Å². The van der Waals surface area contributed by atoms with Crippen LogP contribution in [0, 0.1) is 11.3 Å². The van der Waals surface area contributed by atoms with Crippen LogP contribution in [0.25, 0.3) is 0 Å². The summed E-state index contributed by atoms with van der Waals surface area (Å²) in [5.41, 5.74) is 1.83. The van der Waals surface area contributed by atoms with Gasteiger partial charge in [0.25, 0.3) is 0 Å². The lowest BCUT2D eigenvalue weighted by Crippen LogP contribution is -2.23. The van der Waals surface area contributed by atoms with Crippen LogP contribution in [0.5, 0.6) is 0 Å². The van der Waals surface area contributed by atoms with Crippen molar-refractivity contribution in [3.8, 4) is 6.07 Å². The van der Waals surface area contributed by atoms with Crippen LogP contribution >= 0.6 is 15.9 Å². The Bertz CT molecular complexity index is 382. The van der Waals surface area contributed by atoms with Crippen molar-refractivity contribution in [2.45, 2.75) is 26.7 Å². The Hall–Kier alpha value is -1.01. The third-order valence-electron chi connectivity index (χ3n) is 2.54. The van der Waals surface area contributed by atoms with Crippen molar-refractivity contribution in [1.82, 2.24) is 0 Å². The molecule has 0 bridgehead atoms. The van der Waals surface area contributed by atoms with Gasteiger partial charge in [0, 0.05) is 23.2 Å². The van der Waals surface area contributed by atoms with E-state index in [4.69, 9.17) is 5.26 Å². The van der Waals surface area contributed by atoms with Gasteiger partial charge in [-0.2, -0.15) is 5.26 Å². The molecule has 0 N–H and O–H groups in total. The number of hydrogen-bond acceptors (Lipinski definition) is 2. The second-order valence-corrected chi connectivity index (χ2v) is 4.66. The lowest BCUT2D eigenvalue weighted by atomic mass is 10.2. The molecule has 0 aliphatic heterocycles. The molecule has 0 atom stereocenters. The predicted molar refractivity (Wildman–Crippen MR) is 71.7 cm³/mol. The third-order valence-corrected chi connectivity index (χ3v) is 3.00. The number of unbranched alkanes of at least 4 members (excludes halogenated alkanes) is 1. The highest BCUT2D eigenvalue weighted by atomic mass is 79.9. The molecule has 1 aromatic rings. The molecule has 0 saturated heterocycles. The molecule has 16 heavy (non-hydrogen) atoms. The predicted octanol–water partition coefficient (Wildman–Crippen LogP) is 3.95. The van der Waals surface area contributed by atoms with Crippen molar-refractivity contribution < 1.29 is 0 Å². The fourth-order valence-corrected chi connectivity index (χ4v) is 2.12. The molecular weight excluding hydrogens is 264 g/mol. The van der Waals surface area contributed by atoms with Crippen LogP contribution in [0.3, 0.4) is 0 Å². The lowest BCUT2D eigenvalue weighted by molar-refractivity contribution is 0.732. The normalized spacial score (nSPS) is 9.88. The maximum Gasteiger partial charge on any atom is 0.0992 e. The van der Waals surface area contributed by atoms with Gasteiger partial charge in [0.05, 0.1) is 11.6 Å². The number of benzene rings is 1. The van der Waals surface area contributed by atoms with E-state index in [0.29, 0.717) is 5.56 Å². The van der Waals surface area contributed by atoms with Gasteiger partial charge >= 0.3 is 0 Å². The van der Waals surface area contributed by atoms with Gasteiger partial charge in [0.15, 0.2) is 0 Å². The zero-order chi connectivity index (χ0) is 12.0. The molecule has 0 aliphatic rings. The first-order valence-electron chi connectivity index (χ1n) is 5.66. The quantitative estimate of drug-likeness (QED) is 0.817. The van der Waals surface area contributed by atoms with Crippen molar-refractivity contribution in [2.75, 3.05) is 18.0 Å². The Balaban J connectivity index is 2.91. The number of nitrogens with zero attached hydrogens (tertiary/aromatic N) is 2. The molecule has 0 radical (unpaired) electrons. The molecule has 2 nitrogen and oxygen atoms in total. The van der Waals surface area contributed by atoms with Crippen molar-refractivity contribution in [2.24, 2.45) is 0 Å². The maximum atomic E-state index is 8.93. The van der Waals surface area contributed by atoms with E-state index < -0.39 is 0 Å². The molecule has 0 spiro atoms. The van der Waals surface area contributed by atoms with Gasteiger partial charge in [-0.05, 0) is 31.5 Å². The number of anilines is 1. The summed E-state index contributed by atoms with van der Waals surface area (Å²) in [6, 6.07) is 8.05. The molecule has 1 rings (SSSR count). The molecule has 0 fully saturated rings. The minimum Gasteiger partial charge on any atom is -0.372 e. The summed E-state index contributed by atoms with van der Waals surface area (Å²) < 4.78 is 0.969. The zero-order valence-electron chi connectivity index (χ0n) is 9.83. The van der Waals surface area contributed by atoms with Crippen LogP contribution in [0.4, 0.5) is 5.69 Å². The van der Waals surface area contributed by atoms with Gasteiger partial charge in [-0.1, -0.05) is 29.3 Å². The first-order valence-corrected chi connectivity index (χ1v) is 6.46. The number of halogens is 1. The molecule has 0 aliphatic carbocycles. The van der Waals surface area contributed by atoms with Gasteiger partial charge < -0.3 is 4.90 Å². The summed E-state index contributed by atoms with van der Waals surface area (Å²) >= 11 is 3.44. The molecule has 1 aromatic carbocycles. The minimum atomic E-state index is 0.708. The maximum absolute atomic E-state index is 8.93. The fourth-order valence-electron chi connectivity index (χ4n) is 1.64. The summed E-state index contributed by atoms with van der Waals surface area (Å²) in [4.78, 5) is 2.30. The van der Waals surface area contributed by atoms with E-state index in [1.54, 1.807) is 0 Å². The van der Waals surface area contributed by atoms with Crippen LogP contribution < -0.4 is 4.90 Å². The smallest absolute Gasteiger partial charge is 0.0992 e. The monoisotopic (exact) mass is 280 g/mol. The summed E-state index contributed by atoms with van der Waals surface area (Å²) in [5, 5.41) is 8.93. The highest BCUT2D eigenvalue weighted by molar-refractivity contribution is 9.10. The molecule has 0 heterocycles. The Morgan fingerprint density at radius 1 is 1.31 bits per heavy atom. The van der Waals surface area contributed by atoms with E-state index >= 15 is 0 Å². The van der Waals surface area contributed by atoms with E-state index in [2.05, 4.69) is 46.8 Å². The number of rotatable bonds is 5. The van der Waals surface area contributed by atoms with Gasteiger partial charge in [-0.3, -0.25) is 0 Å². The molecule has 0 unspecified atom stereocenters. The highest BCUT2D eigenvalue weighted by Gasteiger charge is 2.06. The molecule has 0 amide bonds. The van der Waals surface area contributed by atoms with Gasteiger partial charge in [0.1, 0.15) is 0 Å². The second kappa shape index (κ2) is 6.55. The van der Waals surface area contributed by atoms with Crippen LogP contribution in [-0.2, 0) is 0 Å². The van der Waals surface area contributed by atoms with Crippen LogP contribution in [0.15, 0.2) is 22.7 Å². The second-order valence-electron chi connectivity index (χ2n) is 3.74. The van der Waals surface area contributed by atoms with E-state index in [1.807, 2.05) is 12.1 Å². The Labute approximate surface area is 106 Å². The van der Waals surface area contributed by atoms with Gasteiger partial charge in [-0.25, -0.2) is 0 Å². The van der Waals surface area contributed by atoms with Crippen LogP contribution in [-0.4, -0.2) is 13.1 Å². The Morgan fingerprint density at radius 3 is 2.62 bits per heavy atom. The topological polar surface area (TPSA) is 27.0 Å². The molecule has 86 valence electrons. The SMILES string of the molecule is CCCCN(CC)c1cc(Br)cc(C#N)c1. The van der Waals surface area contributed by atoms with Gasteiger partial charge in [0.2, 0.25) is 0 Å². The minimum absolute atomic E-state index is 0.708.